The van der Waals surface area contributed by atoms with Crippen LogP contribution in [0, 0.1) is 0 Å². The number of carbonyl (C=O) groups is 4. The third-order valence-corrected chi connectivity index (χ3v) is 3.73. The Bertz CT molecular complexity index is 683. The molecular weight excluding hydrogens is 372 g/mol. The van der Waals surface area contributed by atoms with Crippen molar-refractivity contribution in [2.45, 2.75) is 24.5 Å². The minimum atomic E-state index is -1.48. The van der Waals surface area contributed by atoms with Gasteiger partial charge in [-0.1, -0.05) is 30.3 Å². The molecule has 11 nitrogen and oxygen atoms in total. The molecule has 1 aromatic rings. The van der Waals surface area contributed by atoms with Crippen LogP contribution < -0.4 is 21.7 Å². The number of nitrogens with one attached hydrogen (secondary N) is 3. The van der Waals surface area contributed by atoms with Crippen molar-refractivity contribution in [1.82, 2.24) is 16.0 Å². The van der Waals surface area contributed by atoms with Gasteiger partial charge in [0.05, 0.1) is 19.8 Å². The van der Waals surface area contributed by atoms with Gasteiger partial charge >= 0.3 is 5.97 Å². The van der Waals surface area contributed by atoms with E-state index in [1.54, 1.807) is 30.3 Å². The van der Waals surface area contributed by atoms with Crippen LogP contribution in [0.5, 0.6) is 0 Å². The molecule has 1 aromatic carbocycles. The zero-order chi connectivity index (χ0) is 21.1. The van der Waals surface area contributed by atoms with Gasteiger partial charge in [0.15, 0.2) is 0 Å². The van der Waals surface area contributed by atoms with Crippen molar-refractivity contribution in [3.63, 3.8) is 0 Å². The first kappa shape index (κ1) is 23.0. The van der Waals surface area contributed by atoms with Crippen molar-refractivity contribution >= 4 is 23.7 Å². The van der Waals surface area contributed by atoms with Crippen molar-refractivity contribution in [1.29, 1.82) is 0 Å². The van der Waals surface area contributed by atoms with E-state index in [0.717, 1.165) is 0 Å². The van der Waals surface area contributed by atoms with E-state index in [0.29, 0.717) is 5.56 Å². The summed E-state index contributed by atoms with van der Waals surface area (Å²) in [5, 5.41) is 34.4. The molecule has 0 spiro atoms. The van der Waals surface area contributed by atoms with Crippen molar-refractivity contribution < 1.29 is 34.5 Å². The van der Waals surface area contributed by atoms with Crippen LogP contribution in [0.3, 0.4) is 0 Å². The maximum Gasteiger partial charge on any atom is 0.326 e. The summed E-state index contributed by atoms with van der Waals surface area (Å²) in [6.45, 7) is -1.99. The first-order valence-corrected chi connectivity index (χ1v) is 8.41. The summed E-state index contributed by atoms with van der Waals surface area (Å²) in [7, 11) is 0. The van der Waals surface area contributed by atoms with Crippen LogP contribution >= 0.6 is 0 Å². The Balaban J connectivity index is 2.75. The van der Waals surface area contributed by atoms with E-state index in [1.807, 2.05) is 0 Å². The average molecular weight is 396 g/mol. The molecule has 3 atom stereocenters. The lowest BCUT2D eigenvalue weighted by Crippen LogP contribution is -2.58. The van der Waals surface area contributed by atoms with Gasteiger partial charge in [0, 0.05) is 6.42 Å². The topological polar surface area (TPSA) is 191 Å². The van der Waals surface area contributed by atoms with E-state index in [1.165, 1.54) is 0 Å². The van der Waals surface area contributed by atoms with Crippen molar-refractivity contribution in [3.05, 3.63) is 35.9 Å². The van der Waals surface area contributed by atoms with Crippen LogP contribution in [0.1, 0.15) is 5.56 Å². The summed E-state index contributed by atoms with van der Waals surface area (Å²) in [4.78, 5) is 47.0. The Morgan fingerprint density at radius 2 is 1.36 bits per heavy atom. The van der Waals surface area contributed by atoms with E-state index < -0.39 is 61.6 Å². The highest BCUT2D eigenvalue weighted by Gasteiger charge is 2.28. The lowest BCUT2D eigenvalue weighted by atomic mass is 10.1. The number of amides is 3. The third kappa shape index (κ3) is 7.31. The van der Waals surface area contributed by atoms with Crippen LogP contribution in [0.4, 0.5) is 0 Å². The molecule has 0 aliphatic heterocycles. The predicted octanol–water partition coefficient (Wildman–Crippen LogP) is -3.29. The summed E-state index contributed by atoms with van der Waals surface area (Å²) in [5.41, 5.74) is 5.78. The molecule has 0 radical (unpaired) electrons. The van der Waals surface area contributed by atoms with Crippen LogP contribution in [0.15, 0.2) is 30.3 Å². The Morgan fingerprint density at radius 3 is 1.82 bits per heavy atom. The van der Waals surface area contributed by atoms with E-state index in [-0.39, 0.29) is 6.42 Å². The number of rotatable bonds is 11. The number of aliphatic hydroxyl groups excluding tert-OH is 2. The second-order valence-corrected chi connectivity index (χ2v) is 5.84. The van der Waals surface area contributed by atoms with Gasteiger partial charge in [-0.25, -0.2) is 4.79 Å². The van der Waals surface area contributed by atoms with Gasteiger partial charge in [-0.15, -0.1) is 0 Å². The van der Waals surface area contributed by atoms with Crippen molar-refractivity contribution in [3.8, 4) is 0 Å². The van der Waals surface area contributed by atoms with Crippen LogP contribution in [-0.4, -0.2) is 76.9 Å². The molecule has 154 valence electrons. The zero-order valence-corrected chi connectivity index (χ0v) is 15.0. The third-order valence-electron chi connectivity index (χ3n) is 3.73. The fourth-order valence-electron chi connectivity index (χ4n) is 2.24. The molecule has 11 heteroatoms. The number of aliphatic carboxylic acids is 1. The Morgan fingerprint density at radius 1 is 0.857 bits per heavy atom. The lowest BCUT2D eigenvalue weighted by molar-refractivity contribution is -0.142. The second kappa shape index (κ2) is 11.6. The number of carbonyl (C=O) groups excluding carboxylic acids is 3. The Kier molecular flexibility index (Phi) is 9.57. The van der Waals surface area contributed by atoms with Gasteiger partial charge in [-0.3, -0.25) is 14.4 Å². The predicted molar refractivity (Wildman–Crippen MR) is 96.8 cm³/mol. The minimum Gasteiger partial charge on any atom is -0.480 e. The van der Waals surface area contributed by atoms with E-state index in [9.17, 15) is 34.5 Å². The maximum atomic E-state index is 12.3. The van der Waals surface area contributed by atoms with Crippen LogP contribution in [0.2, 0.25) is 0 Å². The number of hydrogen-bond donors (Lipinski definition) is 7. The molecule has 0 saturated heterocycles. The number of benzene rings is 1. The van der Waals surface area contributed by atoms with Crippen molar-refractivity contribution in [2.75, 3.05) is 19.8 Å². The quantitative estimate of drug-likeness (QED) is 0.202. The van der Waals surface area contributed by atoms with Gasteiger partial charge in [0.25, 0.3) is 0 Å². The first-order chi connectivity index (χ1) is 13.3. The highest BCUT2D eigenvalue weighted by atomic mass is 16.4. The second-order valence-electron chi connectivity index (χ2n) is 5.84. The minimum absolute atomic E-state index is 0.000168. The Labute approximate surface area is 160 Å². The fourth-order valence-corrected chi connectivity index (χ4v) is 2.24. The highest BCUT2D eigenvalue weighted by Crippen LogP contribution is 2.04. The number of carboxylic acid groups (broad SMARTS) is 1. The highest BCUT2D eigenvalue weighted by molar-refractivity contribution is 5.93. The molecule has 28 heavy (non-hydrogen) atoms. The van der Waals surface area contributed by atoms with E-state index in [4.69, 9.17) is 5.73 Å². The molecule has 0 heterocycles. The molecule has 0 unspecified atom stereocenters. The summed E-state index contributed by atoms with van der Waals surface area (Å²) in [6.07, 6.45) is -0.000168. The fraction of sp³-hybridized carbons (Fsp3) is 0.412. The van der Waals surface area contributed by atoms with Gasteiger partial charge in [0.1, 0.15) is 18.1 Å². The standard InChI is InChI=1S/C17H24N4O7/c18-7-14(24)19-12(8-22)15(25)21-13(9-23)16(26)20-11(17(27)28)6-10-4-2-1-3-5-10/h1-5,11-13,22-23H,6-9,18H2,(H,19,24)(H,20,26)(H,21,25)(H,27,28)/t11-,12-,13-/m0/s1. The maximum absolute atomic E-state index is 12.3. The van der Waals surface area contributed by atoms with Gasteiger partial charge < -0.3 is 37.0 Å². The lowest BCUT2D eigenvalue weighted by Gasteiger charge is -2.22. The molecule has 0 aromatic heterocycles. The molecule has 0 aliphatic rings. The monoisotopic (exact) mass is 396 g/mol. The SMILES string of the molecule is NCC(=O)N[C@@H](CO)C(=O)N[C@@H](CO)C(=O)N[C@@H](Cc1ccccc1)C(=O)O. The van der Waals surface area contributed by atoms with E-state index in [2.05, 4.69) is 16.0 Å². The molecule has 1 rings (SSSR count). The molecular formula is C17H24N4O7. The molecule has 0 fully saturated rings. The van der Waals surface area contributed by atoms with Gasteiger partial charge in [-0.05, 0) is 5.56 Å². The normalized spacial score (nSPS) is 13.7. The van der Waals surface area contributed by atoms with Crippen LogP contribution in [0.25, 0.3) is 0 Å². The Hall–Kier alpha value is -3.02. The number of hydrogen-bond acceptors (Lipinski definition) is 7. The largest absolute Gasteiger partial charge is 0.480 e. The first-order valence-electron chi connectivity index (χ1n) is 8.41. The number of carboxylic acids is 1. The summed E-state index contributed by atoms with van der Waals surface area (Å²) >= 11 is 0. The smallest absolute Gasteiger partial charge is 0.326 e. The molecule has 0 saturated carbocycles. The molecule has 0 bridgehead atoms. The zero-order valence-electron chi connectivity index (χ0n) is 15.0. The molecule has 3 amide bonds. The van der Waals surface area contributed by atoms with E-state index >= 15 is 0 Å². The summed E-state index contributed by atoms with van der Waals surface area (Å²) in [5.74, 6) is -3.86. The number of nitrogens with two attached hydrogens (primary N) is 1. The average Bonchev–Trinajstić information content (AvgIpc) is 2.69. The summed E-state index contributed by atoms with van der Waals surface area (Å²) < 4.78 is 0. The van der Waals surface area contributed by atoms with Gasteiger partial charge in [0.2, 0.25) is 17.7 Å². The van der Waals surface area contributed by atoms with Gasteiger partial charge in [-0.2, -0.15) is 0 Å². The summed E-state index contributed by atoms with van der Waals surface area (Å²) in [6, 6.07) is 4.45. The van der Waals surface area contributed by atoms with Crippen molar-refractivity contribution in [2.24, 2.45) is 5.73 Å². The molecule has 8 N–H and O–H groups in total. The molecule has 0 aliphatic carbocycles. The van der Waals surface area contributed by atoms with Crippen LogP contribution in [-0.2, 0) is 25.6 Å². The number of aliphatic hydroxyl groups is 2.